The van der Waals surface area contributed by atoms with Gasteiger partial charge in [0.05, 0.1) is 17.2 Å². The van der Waals surface area contributed by atoms with E-state index in [2.05, 4.69) is 4.57 Å². The molecule has 4 heteroatoms. The topological polar surface area (TPSA) is 49.0 Å². The predicted octanol–water partition coefficient (Wildman–Crippen LogP) is 3.83. The van der Waals surface area contributed by atoms with E-state index in [1.165, 1.54) is 6.07 Å². The van der Waals surface area contributed by atoms with Gasteiger partial charge in [-0.1, -0.05) is 0 Å². The van der Waals surface area contributed by atoms with Crippen LogP contribution in [0.5, 0.6) is 0 Å². The molecule has 1 aromatic heterocycles. The minimum Gasteiger partial charge on any atom is -0.393 e. The maximum absolute atomic E-state index is 13.9. The van der Waals surface area contributed by atoms with Crippen LogP contribution in [0.25, 0.3) is 10.9 Å². The van der Waals surface area contributed by atoms with Gasteiger partial charge in [0.2, 0.25) is 0 Å². The van der Waals surface area contributed by atoms with Gasteiger partial charge in [0.25, 0.3) is 0 Å². The molecule has 3 rings (SSSR count). The summed E-state index contributed by atoms with van der Waals surface area (Å²) in [5, 5.41) is 19.7. The van der Waals surface area contributed by atoms with Crippen molar-refractivity contribution < 1.29 is 9.50 Å². The van der Waals surface area contributed by atoms with Gasteiger partial charge in [0, 0.05) is 17.6 Å². The van der Waals surface area contributed by atoms with E-state index in [0.717, 1.165) is 48.6 Å². The number of nitriles is 1. The van der Waals surface area contributed by atoms with E-state index < -0.39 is 5.82 Å². The Morgan fingerprint density at radius 2 is 2.10 bits per heavy atom. The third-order valence-electron chi connectivity index (χ3n) is 4.54. The highest BCUT2D eigenvalue weighted by atomic mass is 19.1. The van der Waals surface area contributed by atoms with Crippen LogP contribution < -0.4 is 0 Å². The molecule has 0 amide bonds. The summed E-state index contributed by atoms with van der Waals surface area (Å²) in [5.41, 5.74) is 2.01. The van der Waals surface area contributed by atoms with Gasteiger partial charge in [-0.05, 0) is 56.7 Å². The fourth-order valence-electron chi connectivity index (χ4n) is 3.37. The van der Waals surface area contributed by atoms with Crippen LogP contribution in [0, 0.1) is 24.1 Å². The van der Waals surface area contributed by atoms with Crippen LogP contribution in [0.15, 0.2) is 18.3 Å². The Bertz CT molecular complexity index is 714. The van der Waals surface area contributed by atoms with Gasteiger partial charge in [0.1, 0.15) is 11.9 Å². The molecule has 110 valence electrons. The summed E-state index contributed by atoms with van der Waals surface area (Å²) in [6.45, 7) is 1.99. The van der Waals surface area contributed by atoms with Crippen molar-refractivity contribution in [2.45, 2.75) is 51.2 Å². The van der Waals surface area contributed by atoms with Gasteiger partial charge >= 0.3 is 0 Å². The second-order valence-electron chi connectivity index (χ2n) is 6.00. The molecule has 1 fully saturated rings. The fraction of sp³-hybridized carbons (Fsp3) is 0.471. The highest BCUT2D eigenvalue weighted by molar-refractivity contribution is 5.85. The molecular formula is C17H19FN2O. The fourth-order valence-corrected chi connectivity index (χ4v) is 3.37. The van der Waals surface area contributed by atoms with Crippen LogP contribution >= 0.6 is 0 Å². The van der Waals surface area contributed by atoms with E-state index in [1.807, 2.05) is 19.2 Å². The van der Waals surface area contributed by atoms with Crippen molar-refractivity contribution in [1.82, 2.24) is 4.57 Å². The molecule has 0 radical (unpaired) electrons. The number of benzene rings is 1. The zero-order chi connectivity index (χ0) is 15.0. The molecule has 1 saturated carbocycles. The number of hydrogen-bond acceptors (Lipinski definition) is 2. The lowest BCUT2D eigenvalue weighted by Crippen LogP contribution is -2.08. The van der Waals surface area contributed by atoms with E-state index in [0.29, 0.717) is 6.04 Å². The first-order valence-corrected chi connectivity index (χ1v) is 7.49. The molecule has 1 aromatic carbocycles. The van der Waals surface area contributed by atoms with E-state index in [4.69, 9.17) is 5.26 Å². The number of aliphatic hydroxyl groups is 1. The number of hydrogen-bond donors (Lipinski definition) is 1. The highest BCUT2D eigenvalue weighted by Gasteiger charge is 2.21. The van der Waals surface area contributed by atoms with Crippen LogP contribution in [0.4, 0.5) is 4.39 Å². The number of aliphatic hydroxyl groups excluding tert-OH is 1. The first-order chi connectivity index (χ1) is 10.1. The lowest BCUT2D eigenvalue weighted by molar-refractivity contribution is 0.156. The third kappa shape index (κ3) is 2.54. The zero-order valence-electron chi connectivity index (χ0n) is 12.1. The lowest BCUT2D eigenvalue weighted by atomic mass is 10.1. The second-order valence-corrected chi connectivity index (χ2v) is 6.00. The van der Waals surface area contributed by atoms with Gasteiger partial charge in [-0.3, -0.25) is 0 Å². The Balaban J connectivity index is 2.07. The molecule has 0 spiro atoms. The first kappa shape index (κ1) is 14.1. The second kappa shape index (κ2) is 5.50. The van der Waals surface area contributed by atoms with E-state index in [-0.39, 0.29) is 11.7 Å². The molecule has 1 aliphatic rings. The molecule has 3 nitrogen and oxygen atoms in total. The molecule has 0 aliphatic heterocycles. The van der Waals surface area contributed by atoms with Crippen molar-refractivity contribution in [2.24, 2.45) is 0 Å². The molecule has 0 bridgehead atoms. The smallest absolute Gasteiger partial charge is 0.143 e. The summed E-state index contributed by atoms with van der Waals surface area (Å²) in [4.78, 5) is 0. The van der Waals surface area contributed by atoms with Crippen molar-refractivity contribution in [2.75, 3.05) is 0 Å². The third-order valence-corrected chi connectivity index (χ3v) is 4.54. The highest BCUT2D eigenvalue weighted by Crippen LogP contribution is 2.33. The van der Waals surface area contributed by atoms with Crippen LogP contribution in [-0.4, -0.2) is 15.8 Å². The summed E-state index contributed by atoms with van der Waals surface area (Å²) in [7, 11) is 0. The zero-order valence-corrected chi connectivity index (χ0v) is 12.1. The SMILES string of the molecule is Cc1cn(C2CCC[C@@H](O)CC2)c2cc(F)c(C#N)cc12. The van der Waals surface area contributed by atoms with Crippen molar-refractivity contribution in [3.8, 4) is 6.07 Å². The molecule has 2 aromatic rings. The van der Waals surface area contributed by atoms with Gasteiger partial charge in [0.15, 0.2) is 0 Å². The summed E-state index contributed by atoms with van der Waals surface area (Å²) in [6.07, 6.45) is 6.38. The first-order valence-electron chi connectivity index (χ1n) is 7.49. The number of rotatable bonds is 1. The van der Waals surface area contributed by atoms with Crippen LogP contribution in [0.1, 0.15) is 49.3 Å². The van der Waals surface area contributed by atoms with Crippen molar-refractivity contribution in [3.05, 3.63) is 35.3 Å². The number of aryl methyl sites for hydroxylation is 1. The Labute approximate surface area is 123 Å². The lowest BCUT2D eigenvalue weighted by Gasteiger charge is -2.18. The van der Waals surface area contributed by atoms with Crippen LogP contribution in [0.3, 0.4) is 0 Å². The number of halogens is 1. The Hall–Kier alpha value is -1.86. The molecule has 21 heavy (non-hydrogen) atoms. The van der Waals surface area contributed by atoms with Gasteiger partial charge < -0.3 is 9.67 Å². The number of aromatic nitrogens is 1. The summed E-state index contributed by atoms with van der Waals surface area (Å²) >= 11 is 0. The molecule has 1 aliphatic carbocycles. The Morgan fingerprint density at radius 1 is 1.29 bits per heavy atom. The number of nitrogens with zero attached hydrogens (tertiary/aromatic N) is 2. The largest absolute Gasteiger partial charge is 0.393 e. The minimum atomic E-state index is -0.460. The predicted molar refractivity (Wildman–Crippen MR) is 79.5 cm³/mol. The van der Waals surface area contributed by atoms with Gasteiger partial charge in [-0.25, -0.2) is 4.39 Å². The monoisotopic (exact) mass is 286 g/mol. The van der Waals surface area contributed by atoms with Gasteiger partial charge in [-0.2, -0.15) is 5.26 Å². The van der Waals surface area contributed by atoms with Crippen molar-refractivity contribution in [1.29, 1.82) is 5.26 Å². The van der Waals surface area contributed by atoms with E-state index >= 15 is 0 Å². The van der Waals surface area contributed by atoms with E-state index in [9.17, 15) is 9.50 Å². The van der Waals surface area contributed by atoms with E-state index in [1.54, 1.807) is 6.07 Å². The van der Waals surface area contributed by atoms with Crippen LogP contribution in [-0.2, 0) is 0 Å². The normalized spacial score (nSPS) is 23.0. The molecule has 1 heterocycles. The van der Waals surface area contributed by atoms with Crippen LogP contribution in [0.2, 0.25) is 0 Å². The average molecular weight is 286 g/mol. The standard InChI is InChI=1S/C17H19FN2O/c1-11-10-20(13-3-2-4-14(21)6-5-13)17-8-16(18)12(9-19)7-15(11)17/h7-8,10,13-14,21H,2-6H2,1H3/t13?,14-/m1/s1. The molecule has 0 saturated heterocycles. The Morgan fingerprint density at radius 3 is 2.86 bits per heavy atom. The Kier molecular flexibility index (Phi) is 3.69. The molecule has 1 unspecified atom stereocenters. The number of fused-ring (bicyclic) bond motifs is 1. The maximum Gasteiger partial charge on any atom is 0.143 e. The van der Waals surface area contributed by atoms with Crippen molar-refractivity contribution in [3.63, 3.8) is 0 Å². The quantitative estimate of drug-likeness (QED) is 0.810. The molecular weight excluding hydrogens is 267 g/mol. The molecule has 2 atom stereocenters. The summed E-state index contributed by atoms with van der Waals surface area (Å²) in [6, 6.07) is 5.31. The average Bonchev–Trinajstić information content (AvgIpc) is 2.64. The minimum absolute atomic E-state index is 0.0969. The van der Waals surface area contributed by atoms with Crippen molar-refractivity contribution >= 4 is 10.9 Å². The summed E-state index contributed by atoms with van der Waals surface area (Å²) < 4.78 is 16.1. The maximum atomic E-state index is 13.9. The molecule has 1 N–H and O–H groups in total. The van der Waals surface area contributed by atoms with Gasteiger partial charge in [-0.15, -0.1) is 0 Å². The summed E-state index contributed by atoms with van der Waals surface area (Å²) in [5.74, 6) is -0.460.